The Kier molecular flexibility index (Phi) is 3.90. The second-order valence-electron chi connectivity index (χ2n) is 3.78. The van der Waals surface area contributed by atoms with Crippen molar-refractivity contribution >= 4 is 17.3 Å². The van der Waals surface area contributed by atoms with Crippen LogP contribution in [0.1, 0.15) is 22.3 Å². The monoisotopic (exact) mass is 283 g/mol. The molecule has 0 aliphatic rings. The lowest BCUT2D eigenvalue weighted by Gasteiger charge is -1.98. The topological polar surface area (TPSA) is 39.2 Å². The van der Waals surface area contributed by atoms with Crippen LogP contribution >= 0.6 is 11.3 Å². The zero-order valence-corrected chi connectivity index (χ0v) is 11.2. The van der Waals surface area contributed by atoms with E-state index in [2.05, 4.69) is 4.98 Å². The maximum atomic E-state index is 13.2. The Morgan fingerprint density at radius 3 is 2.74 bits per heavy atom. The van der Waals surface area contributed by atoms with Crippen LogP contribution < -0.4 is 0 Å². The molecule has 0 unspecified atom stereocenters. The van der Waals surface area contributed by atoms with E-state index in [1.54, 1.807) is 13.8 Å². The zero-order chi connectivity index (χ0) is 14.0. The maximum Gasteiger partial charge on any atom is 0.350 e. The number of esters is 1. The molecule has 0 atom stereocenters. The Morgan fingerprint density at radius 1 is 1.37 bits per heavy atom. The Bertz CT molecular complexity index is 625. The molecule has 0 N–H and O–H groups in total. The van der Waals surface area contributed by atoms with E-state index in [1.807, 2.05) is 0 Å². The normalized spacial score (nSPS) is 10.5. The summed E-state index contributed by atoms with van der Waals surface area (Å²) in [5.41, 5.74) is 0.950. The van der Waals surface area contributed by atoms with E-state index >= 15 is 0 Å². The van der Waals surface area contributed by atoms with Crippen molar-refractivity contribution in [3.8, 4) is 10.6 Å². The summed E-state index contributed by atoms with van der Waals surface area (Å²) >= 11 is 1.10. The highest BCUT2D eigenvalue weighted by molar-refractivity contribution is 7.17. The molecule has 0 saturated heterocycles. The van der Waals surface area contributed by atoms with Gasteiger partial charge < -0.3 is 4.74 Å². The summed E-state index contributed by atoms with van der Waals surface area (Å²) in [5.74, 6) is -2.31. The van der Waals surface area contributed by atoms with Crippen molar-refractivity contribution in [2.45, 2.75) is 13.8 Å². The highest BCUT2D eigenvalue weighted by Gasteiger charge is 2.17. The van der Waals surface area contributed by atoms with Gasteiger partial charge in [0, 0.05) is 5.56 Å². The number of aryl methyl sites for hydroxylation is 1. The molecule has 0 amide bonds. The Morgan fingerprint density at radius 2 is 2.11 bits per heavy atom. The molecular weight excluding hydrogens is 272 g/mol. The fourth-order valence-electron chi connectivity index (χ4n) is 1.54. The van der Waals surface area contributed by atoms with Gasteiger partial charge >= 0.3 is 5.97 Å². The number of aromatic nitrogens is 1. The van der Waals surface area contributed by atoms with E-state index in [9.17, 15) is 13.6 Å². The molecule has 0 saturated carbocycles. The van der Waals surface area contributed by atoms with Crippen molar-refractivity contribution in [1.82, 2.24) is 4.98 Å². The summed E-state index contributed by atoms with van der Waals surface area (Å²) in [4.78, 5) is 16.2. The summed E-state index contributed by atoms with van der Waals surface area (Å²) in [6.45, 7) is 3.66. The molecule has 100 valence electrons. The number of benzene rings is 1. The number of halogens is 2. The smallest absolute Gasteiger partial charge is 0.350 e. The minimum atomic E-state index is -0.942. The first-order valence-electron chi connectivity index (χ1n) is 5.63. The molecule has 0 aliphatic heterocycles. The van der Waals surface area contributed by atoms with Gasteiger partial charge in [-0.1, -0.05) is 0 Å². The third-order valence-corrected chi connectivity index (χ3v) is 3.61. The van der Waals surface area contributed by atoms with Crippen molar-refractivity contribution < 1.29 is 18.3 Å². The molecule has 1 aromatic heterocycles. The second kappa shape index (κ2) is 5.44. The van der Waals surface area contributed by atoms with Gasteiger partial charge in [0.2, 0.25) is 0 Å². The molecule has 0 fully saturated rings. The summed E-state index contributed by atoms with van der Waals surface area (Å²) in [5, 5.41) is 0.458. The predicted octanol–water partition coefficient (Wildman–Crippen LogP) is 3.57. The van der Waals surface area contributed by atoms with Crippen LogP contribution in [0.2, 0.25) is 0 Å². The molecule has 2 aromatic rings. The van der Waals surface area contributed by atoms with Gasteiger partial charge in [-0.2, -0.15) is 0 Å². The standard InChI is InChI=1S/C13H11F2NO2S/c1-3-18-13(17)11-7(2)16-12(19-11)8-4-5-9(14)10(15)6-8/h4-6H,3H2,1-2H3. The van der Waals surface area contributed by atoms with E-state index in [4.69, 9.17) is 4.74 Å². The number of hydrogen-bond donors (Lipinski definition) is 0. The fraction of sp³-hybridized carbons (Fsp3) is 0.231. The molecule has 3 nitrogen and oxygen atoms in total. The van der Waals surface area contributed by atoms with Gasteiger partial charge in [0.25, 0.3) is 0 Å². The number of carbonyl (C=O) groups is 1. The lowest BCUT2D eigenvalue weighted by atomic mass is 10.2. The fourth-order valence-corrected chi connectivity index (χ4v) is 2.49. The highest BCUT2D eigenvalue weighted by atomic mass is 32.1. The molecule has 0 aliphatic carbocycles. The van der Waals surface area contributed by atoms with Crippen molar-refractivity contribution in [3.63, 3.8) is 0 Å². The largest absolute Gasteiger partial charge is 0.462 e. The third kappa shape index (κ3) is 2.78. The third-order valence-electron chi connectivity index (χ3n) is 2.42. The van der Waals surface area contributed by atoms with Gasteiger partial charge in [-0.3, -0.25) is 0 Å². The molecular formula is C13H11F2NO2S. The number of hydrogen-bond acceptors (Lipinski definition) is 4. The van der Waals surface area contributed by atoms with Crippen molar-refractivity contribution in [3.05, 3.63) is 40.4 Å². The van der Waals surface area contributed by atoms with Crippen LogP contribution in [0.15, 0.2) is 18.2 Å². The zero-order valence-electron chi connectivity index (χ0n) is 10.4. The van der Waals surface area contributed by atoms with Crippen LogP contribution in [-0.4, -0.2) is 17.6 Å². The average Bonchev–Trinajstić information content (AvgIpc) is 2.75. The van der Waals surface area contributed by atoms with Crippen molar-refractivity contribution in [2.24, 2.45) is 0 Å². The van der Waals surface area contributed by atoms with Crippen LogP contribution in [0, 0.1) is 18.6 Å². The minimum absolute atomic E-state index is 0.274. The first-order valence-corrected chi connectivity index (χ1v) is 6.44. The lowest BCUT2D eigenvalue weighted by molar-refractivity contribution is 0.0531. The number of nitrogens with zero attached hydrogens (tertiary/aromatic N) is 1. The highest BCUT2D eigenvalue weighted by Crippen LogP contribution is 2.29. The van der Waals surface area contributed by atoms with Crippen LogP contribution in [0.3, 0.4) is 0 Å². The molecule has 1 heterocycles. The summed E-state index contributed by atoms with van der Waals surface area (Å²) in [6.07, 6.45) is 0. The molecule has 0 bridgehead atoms. The molecule has 2 rings (SSSR count). The van der Waals surface area contributed by atoms with Crippen LogP contribution in [0.5, 0.6) is 0 Å². The van der Waals surface area contributed by atoms with Crippen LogP contribution in [0.25, 0.3) is 10.6 Å². The average molecular weight is 283 g/mol. The van der Waals surface area contributed by atoms with Crippen molar-refractivity contribution in [2.75, 3.05) is 6.61 Å². The number of thiazole rings is 1. The van der Waals surface area contributed by atoms with Crippen LogP contribution in [-0.2, 0) is 4.74 Å². The maximum absolute atomic E-state index is 13.2. The Labute approximate surface area is 112 Å². The Balaban J connectivity index is 2.38. The SMILES string of the molecule is CCOC(=O)c1sc(-c2ccc(F)c(F)c2)nc1C. The first kappa shape index (κ1) is 13.6. The van der Waals surface area contributed by atoms with Crippen molar-refractivity contribution in [1.29, 1.82) is 0 Å². The quantitative estimate of drug-likeness (QED) is 0.808. The van der Waals surface area contributed by atoms with E-state index < -0.39 is 17.6 Å². The molecule has 0 spiro atoms. The minimum Gasteiger partial charge on any atom is -0.462 e. The van der Waals surface area contributed by atoms with Gasteiger partial charge in [0.15, 0.2) is 11.6 Å². The van der Waals surface area contributed by atoms with Gasteiger partial charge in [0.1, 0.15) is 9.88 Å². The molecule has 19 heavy (non-hydrogen) atoms. The molecule has 6 heteroatoms. The lowest BCUT2D eigenvalue weighted by Crippen LogP contribution is -2.03. The van der Waals surface area contributed by atoms with Gasteiger partial charge in [0.05, 0.1) is 12.3 Å². The predicted molar refractivity (Wildman–Crippen MR) is 68.2 cm³/mol. The van der Waals surface area contributed by atoms with E-state index in [-0.39, 0.29) is 6.61 Å². The summed E-state index contributed by atoms with van der Waals surface area (Å²) < 4.78 is 30.9. The number of rotatable bonds is 3. The van der Waals surface area contributed by atoms with E-state index in [0.29, 0.717) is 21.1 Å². The van der Waals surface area contributed by atoms with Crippen LogP contribution in [0.4, 0.5) is 8.78 Å². The molecule has 1 aromatic carbocycles. The number of ether oxygens (including phenoxy) is 1. The van der Waals surface area contributed by atoms with Gasteiger partial charge in [-0.25, -0.2) is 18.6 Å². The summed E-state index contributed by atoms with van der Waals surface area (Å²) in [7, 11) is 0. The first-order chi connectivity index (χ1) is 9.02. The number of carbonyl (C=O) groups excluding carboxylic acids is 1. The molecule has 0 radical (unpaired) electrons. The van der Waals surface area contributed by atoms with Gasteiger partial charge in [-0.15, -0.1) is 11.3 Å². The van der Waals surface area contributed by atoms with E-state index in [0.717, 1.165) is 23.5 Å². The summed E-state index contributed by atoms with van der Waals surface area (Å²) in [6, 6.07) is 3.51. The Hall–Kier alpha value is -1.82. The second-order valence-corrected chi connectivity index (χ2v) is 4.78. The van der Waals surface area contributed by atoms with Gasteiger partial charge in [-0.05, 0) is 32.0 Å². The van der Waals surface area contributed by atoms with E-state index in [1.165, 1.54) is 6.07 Å².